The Hall–Kier alpha value is -1.26. The molecule has 0 amide bonds. The third kappa shape index (κ3) is 5.38. The SMILES string of the molecule is CCOC(=O)CCCN=C(N)N1CCCC(C)C1. The van der Waals surface area contributed by atoms with Gasteiger partial charge in [0.2, 0.25) is 0 Å². The highest BCUT2D eigenvalue weighted by Gasteiger charge is 2.17. The van der Waals surface area contributed by atoms with Crippen molar-refractivity contribution in [1.82, 2.24) is 4.90 Å². The van der Waals surface area contributed by atoms with E-state index in [1.165, 1.54) is 12.8 Å². The van der Waals surface area contributed by atoms with Crippen molar-refractivity contribution in [2.24, 2.45) is 16.6 Å². The molecule has 2 N–H and O–H groups in total. The zero-order valence-corrected chi connectivity index (χ0v) is 11.5. The number of likely N-dealkylation sites (tertiary alicyclic amines) is 1. The lowest BCUT2D eigenvalue weighted by Gasteiger charge is -2.31. The zero-order chi connectivity index (χ0) is 13.4. The predicted molar refractivity (Wildman–Crippen MR) is 72.3 cm³/mol. The molecule has 1 atom stereocenters. The van der Waals surface area contributed by atoms with Crippen LogP contribution >= 0.6 is 0 Å². The molecule has 0 saturated carbocycles. The smallest absolute Gasteiger partial charge is 0.305 e. The average Bonchev–Trinajstić information content (AvgIpc) is 2.35. The van der Waals surface area contributed by atoms with Crippen LogP contribution in [0.25, 0.3) is 0 Å². The Morgan fingerprint density at radius 3 is 3.00 bits per heavy atom. The molecule has 18 heavy (non-hydrogen) atoms. The minimum atomic E-state index is -0.155. The van der Waals surface area contributed by atoms with Crippen molar-refractivity contribution in [2.75, 3.05) is 26.2 Å². The second kappa shape index (κ2) is 7.95. The average molecular weight is 255 g/mol. The summed E-state index contributed by atoms with van der Waals surface area (Å²) in [6.07, 6.45) is 3.57. The van der Waals surface area contributed by atoms with Gasteiger partial charge in [-0.15, -0.1) is 0 Å². The van der Waals surface area contributed by atoms with Gasteiger partial charge >= 0.3 is 5.97 Å². The highest BCUT2D eigenvalue weighted by atomic mass is 16.5. The first-order chi connectivity index (χ1) is 8.63. The quantitative estimate of drug-likeness (QED) is 0.349. The van der Waals surface area contributed by atoms with Crippen molar-refractivity contribution >= 4 is 11.9 Å². The van der Waals surface area contributed by atoms with Crippen molar-refractivity contribution < 1.29 is 9.53 Å². The number of aliphatic imine (C=N–C) groups is 1. The molecule has 104 valence electrons. The summed E-state index contributed by atoms with van der Waals surface area (Å²) in [5.74, 6) is 1.15. The van der Waals surface area contributed by atoms with Gasteiger partial charge in [-0.3, -0.25) is 9.79 Å². The molecular weight excluding hydrogens is 230 g/mol. The Labute approximate surface area is 109 Å². The highest BCUT2D eigenvalue weighted by Crippen LogP contribution is 2.14. The third-order valence-electron chi connectivity index (χ3n) is 3.10. The molecule has 0 bridgehead atoms. The minimum Gasteiger partial charge on any atom is -0.466 e. The summed E-state index contributed by atoms with van der Waals surface area (Å²) in [7, 11) is 0. The molecule has 1 saturated heterocycles. The molecule has 1 unspecified atom stereocenters. The van der Waals surface area contributed by atoms with Gasteiger partial charge in [0.1, 0.15) is 0 Å². The molecule has 0 spiro atoms. The molecule has 1 rings (SSSR count). The summed E-state index contributed by atoms with van der Waals surface area (Å²) in [6.45, 7) is 7.07. The maximum Gasteiger partial charge on any atom is 0.305 e. The van der Waals surface area contributed by atoms with E-state index in [0.29, 0.717) is 37.9 Å². The van der Waals surface area contributed by atoms with Crippen molar-refractivity contribution in [3.8, 4) is 0 Å². The van der Waals surface area contributed by atoms with Gasteiger partial charge in [0.05, 0.1) is 6.61 Å². The van der Waals surface area contributed by atoms with E-state index in [9.17, 15) is 4.79 Å². The highest BCUT2D eigenvalue weighted by molar-refractivity contribution is 5.78. The summed E-state index contributed by atoms with van der Waals surface area (Å²) in [4.78, 5) is 17.6. The number of nitrogens with zero attached hydrogens (tertiary/aromatic N) is 2. The van der Waals surface area contributed by atoms with Gasteiger partial charge in [0.25, 0.3) is 0 Å². The molecule has 0 radical (unpaired) electrons. The molecule has 1 heterocycles. The number of ether oxygens (including phenoxy) is 1. The van der Waals surface area contributed by atoms with E-state index in [-0.39, 0.29) is 5.97 Å². The normalized spacial score (nSPS) is 20.9. The first-order valence-corrected chi connectivity index (χ1v) is 6.84. The zero-order valence-electron chi connectivity index (χ0n) is 11.5. The van der Waals surface area contributed by atoms with E-state index in [1.807, 2.05) is 6.92 Å². The van der Waals surface area contributed by atoms with E-state index in [0.717, 1.165) is 13.1 Å². The monoisotopic (exact) mass is 255 g/mol. The number of carbonyl (C=O) groups excluding carboxylic acids is 1. The number of hydrogen-bond acceptors (Lipinski definition) is 3. The van der Waals surface area contributed by atoms with Gasteiger partial charge in [-0.25, -0.2) is 0 Å². The van der Waals surface area contributed by atoms with Gasteiger partial charge in [-0.1, -0.05) is 6.92 Å². The Morgan fingerprint density at radius 1 is 1.56 bits per heavy atom. The lowest BCUT2D eigenvalue weighted by atomic mass is 10.0. The van der Waals surface area contributed by atoms with Crippen LogP contribution in [0.2, 0.25) is 0 Å². The summed E-state index contributed by atoms with van der Waals surface area (Å²) < 4.78 is 4.85. The standard InChI is InChI=1S/C13H25N3O2/c1-3-18-12(17)7-4-8-15-13(14)16-9-5-6-11(2)10-16/h11H,3-10H2,1-2H3,(H2,14,15). The van der Waals surface area contributed by atoms with Crippen molar-refractivity contribution in [3.05, 3.63) is 0 Å². The number of nitrogens with two attached hydrogens (primary N) is 1. The molecule has 0 aliphatic carbocycles. The number of piperidine rings is 1. The second-order valence-electron chi connectivity index (χ2n) is 4.84. The molecule has 1 aliphatic heterocycles. The Bertz CT molecular complexity index is 292. The van der Waals surface area contributed by atoms with Crippen LogP contribution in [0, 0.1) is 5.92 Å². The molecule has 5 heteroatoms. The van der Waals surface area contributed by atoms with Gasteiger partial charge in [-0.2, -0.15) is 0 Å². The van der Waals surface area contributed by atoms with Crippen LogP contribution in [0.1, 0.15) is 39.5 Å². The number of esters is 1. The van der Waals surface area contributed by atoms with Crippen LogP contribution in [0.5, 0.6) is 0 Å². The molecule has 1 fully saturated rings. The van der Waals surface area contributed by atoms with Crippen LogP contribution in [0.3, 0.4) is 0 Å². The molecular formula is C13H25N3O2. The second-order valence-corrected chi connectivity index (χ2v) is 4.84. The molecule has 1 aliphatic rings. The van der Waals surface area contributed by atoms with E-state index < -0.39 is 0 Å². The van der Waals surface area contributed by atoms with E-state index in [4.69, 9.17) is 10.5 Å². The van der Waals surface area contributed by atoms with Gasteiger partial charge < -0.3 is 15.4 Å². The van der Waals surface area contributed by atoms with E-state index in [1.54, 1.807) is 0 Å². The topological polar surface area (TPSA) is 67.9 Å². The van der Waals surface area contributed by atoms with E-state index >= 15 is 0 Å². The van der Waals surface area contributed by atoms with Crippen molar-refractivity contribution in [1.29, 1.82) is 0 Å². The van der Waals surface area contributed by atoms with Crippen LogP contribution in [0.15, 0.2) is 4.99 Å². The molecule has 0 aromatic heterocycles. The number of guanidine groups is 1. The molecule has 5 nitrogen and oxygen atoms in total. The maximum atomic E-state index is 11.1. The van der Waals surface area contributed by atoms with E-state index in [2.05, 4.69) is 16.8 Å². The lowest BCUT2D eigenvalue weighted by Crippen LogP contribution is -2.43. The van der Waals surface area contributed by atoms with Crippen LogP contribution in [-0.2, 0) is 9.53 Å². The fourth-order valence-corrected chi connectivity index (χ4v) is 2.15. The largest absolute Gasteiger partial charge is 0.466 e. The minimum absolute atomic E-state index is 0.155. The summed E-state index contributed by atoms with van der Waals surface area (Å²) in [5.41, 5.74) is 5.95. The Morgan fingerprint density at radius 2 is 2.33 bits per heavy atom. The number of rotatable bonds is 5. The third-order valence-corrected chi connectivity index (χ3v) is 3.10. The van der Waals surface area contributed by atoms with Crippen LogP contribution in [0.4, 0.5) is 0 Å². The fraction of sp³-hybridized carbons (Fsp3) is 0.846. The van der Waals surface area contributed by atoms with Crippen LogP contribution < -0.4 is 5.73 Å². The number of hydrogen-bond donors (Lipinski definition) is 1. The number of carbonyl (C=O) groups is 1. The Kier molecular flexibility index (Phi) is 6.54. The fourth-order valence-electron chi connectivity index (χ4n) is 2.15. The summed E-state index contributed by atoms with van der Waals surface area (Å²) in [5, 5.41) is 0. The van der Waals surface area contributed by atoms with Gasteiger partial charge in [0, 0.05) is 26.1 Å². The first kappa shape index (κ1) is 14.8. The van der Waals surface area contributed by atoms with Gasteiger partial charge in [-0.05, 0) is 32.1 Å². The molecule has 0 aromatic carbocycles. The van der Waals surface area contributed by atoms with Crippen molar-refractivity contribution in [2.45, 2.75) is 39.5 Å². The Balaban J connectivity index is 2.22. The summed E-state index contributed by atoms with van der Waals surface area (Å²) >= 11 is 0. The van der Waals surface area contributed by atoms with Gasteiger partial charge in [0.15, 0.2) is 5.96 Å². The van der Waals surface area contributed by atoms with Crippen molar-refractivity contribution in [3.63, 3.8) is 0 Å². The maximum absolute atomic E-state index is 11.1. The lowest BCUT2D eigenvalue weighted by molar-refractivity contribution is -0.143. The summed E-state index contributed by atoms with van der Waals surface area (Å²) in [6, 6.07) is 0. The first-order valence-electron chi connectivity index (χ1n) is 6.84. The predicted octanol–water partition coefficient (Wildman–Crippen LogP) is 1.38. The van der Waals surface area contributed by atoms with Crippen LogP contribution in [-0.4, -0.2) is 43.1 Å². The molecule has 0 aromatic rings.